The van der Waals surface area contributed by atoms with E-state index < -0.39 is 0 Å². The second-order valence-electron chi connectivity index (χ2n) is 6.91. The Kier molecular flexibility index (Phi) is 8.94. The largest absolute Gasteiger partial charge is 0.493 e. The predicted octanol–water partition coefficient (Wildman–Crippen LogP) is 4.24. The molecule has 0 saturated carbocycles. The van der Waals surface area contributed by atoms with Crippen molar-refractivity contribution in [3.63, 3.8) is 0 Å². The van der Waals surface area contributed by atoms with Crippen molar-refractivity contribution in [3.05, 3.63) is 59.7 Å². The summed E-state index contributed by atoms with van der Waals surface area (Å²) in [5, 5.41) is 0. The van der Waals surface area contributed by atoms with Gasteiger partial charge in [0.15, 0.2) is 23.9 Å². The number of benzene rings is 2. The molecule has 0 N–H and O–H groups in total. The summed E-state index contributed by atoms with van der Waals surface area (Å²) in [7, 11) is 4.93. The number of carbonyl (C=O) groups is 2. The summed E-state index contributed by atoms with van der Waals surface area (Å²) < 4.78 is 16.5. The van der Waals surface area contributed by atoms with Gasteiger partial charge >= 0.3 is 0 Å². The maximum Gasteiger partial charge on any atom is 0.259 e. The van der Waals surface area contributed by atoms with E-state index in [0.29, 0.717) is 29.4 Å². The van der Waals surface area contributed by atoms with Crippen LogP contribution in [0.2, 0.25) is 0 Å². The molecule has 6 heteroatoms. The van der Waals surface area contributed by atoms with Crippen LogP contribution in [-0.4, -0.2) is 51.0 Å². The molecule has 0 fully saturated rings. The van der Waals surface area contributed by atoms with Crippen LogP contribution < -0.4 is 14.2 Å². The molecule has 2 rings (SSSR count). The molecule has 0 spiro atoms. The zero-order valence-corrected chi connectivity index (χ0v) is 18.0. The smallest absolute Gasteiger partial charge is 0.259 e. The monoisotopic (exact) mass is 411 g/mol. The second kappa shape index (κ2) is 11.7. The lowest BCUT2D eigenvalue weighted by Gasteiger charge is -2.11. The van der Waals surface area contributed by atoms with Crippen LogP contribution >= 0.6 is 0 Å². The average molecular weight is 411 g/mol. The van der Waals surface area contributed by atoms with Gasteiger partial charge in [0.25, 0.3) is 5.91 Å². The lowest BCUT2D eigenvalue weighted by Crippen LogP contribution is -2.27. The molecule has 0 saturated heterocycles. The van der Waals surface area contributed by atoms with E-state index in [2.05, 4.69) is 6.92 Å². The van der Waals surface area contributed by atoms with Gasteiger partial charge in [0.1, 0.15) is 5.75 Å². The third-order valence-corrected chi connectivity index (χ3v) is 4.37. The summed E-state index contributed by atoms with van der Waals surface area (Å²) in [5.74, 6) is 1.60. The van der Waals surface area contributed by atoms with Crippen molar-refractivity contribution < 1.29 is 23.8 Å². The highest BCUT2D eigenvalue weighted by Crippen LogP contribution is 2.28. The quantitative estimate of drug-likeness (QED) is 0.314. The molecule has 0 radical (unpaired) electrons. The van der Waals surface area contributed by atoms with E-state index in [9.17, 15) is 9.59 Å². The van der Waals surface area contributed by atoms with E-state index in [4.69, 9.17) is 14.2 Å². The van der Waals surface area contributed by atoms with Crippen LogP contribution in [0.3, 0.4) is 0 Å². The summed E-state index contributed by atoms with van der Waals surface area (Å²) >= 11 is 0. The van der Waals surface area contributed by atoms with Crippen LogP contribution in [0, 0.1) is 0 Å². The number of ether oxygens (including phenoxy) is 3. The predicted molar refractivity (Wildman–Crippen MR) is 117 cm³/mol. The van der Waals surface area contributed by atoms with E-state index in [0.717, 1.165) is 18.4 Å². The maximum absolute atomic E-state index is 12.4. The Morgan fingerprint density at radius 3 is 2.37 bits per heavy atom. The molecule has 0 unspecified atom stereocenters. The first-order valence-electron chi connectivity index (χ1n) is 9.90. The van der Waals surface area contributed by atoms with Gasteiger partial charge in [-0.15, -0.1) is 0 Å². The number of ketones is 1. The molecular formula is C24H29NO5. The highest BCUT2D eigenvalue weighted by molar-refractivity contribution is 6.06. The third-order valence-electron chi connectivity index (χ3n) is 4.37. The first kappa shape index (κ1) is 23.0. The number of likely N-dealkylation sites (N-methyl/N-ethyl adjacent to an activating group) is 1. The van der Waals surface area contributed by atoms with Crippen LogP contribution in [0.25, 0.3) is 6.08 Å². The lowest BCUT2D eigenvalue weighted by atomic mass is 10.1. The van der Waals surface area contributed by atoms with Crippen molar-refractivity contribution in [3.8, 4) is 17.2 Å². The van der Waals surface area contributed by atoms with Gasteiger partial charge in [-0.3, -0.25) is 9.59 Å². The summed E-state index contributed by atoms with van der Waals surface area (Å²) in [6, 6.07) is 12.3. The van der Waals surface area contributed by atoms with Crippen LogP contribution in [0.5, 0.6) is 17.2 Å². The number of carbonyl (C=O) groups excluding carboxylic acids is 2. The van der Waals surface area contributed by atoms with Crippen molar-refractivity contribution in [1.82, 2.24) is 4.90 Å². The van der Waals surface area contributed by atoms with Crippen molar-refractivity contribution in [2.45, 2.75) is 19.8 Å². The molecule has 0 aromatic heterocycles. The first-order valence-corrected chi connectivity index (χ1v) is 9.90. The minimum absolute atomic E-state index is 0.0415. The van der Waals surface area contributed by atoms with Gasteiger partial charge in [-0.25, -0.2) is 0 Å². The van der Waals surface area contributed by atoms with E-state index in [-0.39, 0.29) is 18.3 Å². The van der Waals surface area contributed by atoms with E-state index in [1.165, 1.54) is 11.0 Å². The normalized spacial score (nSPS) is 10.7. The summed E-state index contributed by atoms with van der Waals surface area (Å²) in [6.45, 7) is 2.71. The molecule has 6 nitrogen and oxygen atoms in total. The lowest BCUT2D eigenvalue weighted by molar-refractivity contribution is -0.130. The molecule has 0 aliphatic rings. The van der Waals surface area contributed by atoms with Crippen molar-refractivity contribution >= 4 is 17.8 Å². The number of methoxy groups -OCH3 is 1. The number of allylic oxidation sites excluding steroid dienone is 1. The average Bonchev–Trinajstić information content (AvgIpc) is 2.76. The molecule has 2 aromatic carbocycles. The number of hydrogen-bond acceptors (Lipinski definition) is 5. The van der Waals surface area contributed by atoms with Crippen LogP contribution in [0.4, 0.5) is 0 Å². The van der Waals surface area contributed by atoms with Crippen LogP contribution in [-0.2, 0) is 4.79 Å². The minimum atomic E-state index is -0.131. The second-order valence-corrected chi connectivity index (χ2v) is 6.91. The third kappa shape index (κ3) is 6.95. The first-order chi connectivity index (χ1) is 14.4. The standard InChI is InChI=1S/C24H29NO5/c1-5-6-15-29-22-14-8-18(16-23(22)28-4)7-13-21(26)19-9-11-20(12-10-19)30-17-24(27)25(2)3/h7-14,16H,5-6,15,17H2,1-4H3/b13-7+. The van der Waals surface area contributed by atoms with Gasteiger partial charge in [0.2, 0.25) is 0 Å². The van der Waals surface area contributed by atoms with Crippen LogP contribution in [0.15, 0.2) is 48.5 Å². The number of nitrogens with zero attached hydrogens (tertiary/aromatic N) is 1. The highest BCUT2D eigenvalue weighted by Gasteiger charge is 2.07. The molecule has 0 aliphatic carbocycles. The summed E-state index contributed by atoms with van der Waals surface area (Å²) in [6.07, 6.45) is 5.29. The molecule has 30 heavy (non-hydrogen) atoms. The van der Waals surface area contributed by atoms with Gasteiger partial charge in [0, 0.05) is 19.7 Å². The highest BCUT2D eigenvalue weighted by atomic mass is 16.5. The minimum Gasteiger partial charge on any atom is -0.493 e. The SMILES string of the molecule is CCCCOc1ccc(/C=C/C(=O)c2ccc(OCC(=O)N(C)C)cc2)cc1OC. The molecule has 0 atom stereocenters. The molecule has 0 bridgehead atoms. The zero-order chi connectivity index (χ0) is 21.9. The van der Waals surface area contributed by atoms with Crippen molar-refractivity contribution in [2.24, 2.45) is 0 Å². The number of hydrogen-bond donors (Lipinski definition) is 0. The molecule has 0 aliphatic heterocycles. The fourth-order valence-electron chi connectivity index (χ4n) is 2.49. The zero-order valence-electron chi connectivity index (χ0n) is 18.0. The Labute approximate surface area is 178 Å². The Hall–Kier alpha value is -3.28. The fourth-order valence-corrected chi connectivity index (χ4v) is 2.49. The van der Waals surface area contributed by atoms with Gasteiger partial charge < -0.3 is 19.1 Å². The van der Waals surface area contributed by atoms with Gasteiger partial charge in [-0.05, 0) is 54.5 Å². The van der Waals surface area contributed by atoms with Crippen molar-refractivity contribution in [2.75, 3.05) is 34.4 Å². The Morgan fingerprint density at radius 2 is 1.73 bits per heavy atom. The van der Waals surface area contributed by atoms with E-state index in [1.807, 2.05) is 18.2 Å². The van der Waals surface area contributed by atoms with Crippen molar-refractivity contribution in [1.29, 1.82) is 0 Å². The van der Waals surface area contributed by atoms with E-state index >= 15 is 0 Å². The molecule has 2 aromatic rings. The number of unbranched alkanes of at least 4 members (excludes halogenated alkanes) is 1. The van der Waals surface area contributed by atoms with Crippen LogP contribution in [0.1, 0.15) is 35.7 Å². The molecule has 0 heterocycles. The summed E-state index contributed by atoms with van der Waals surface area (Å²) in [5.41, 5.74) is 1.37. The number of rotatable bonds is 11. The van der Waals surface area contributed by atoms with E-state index in [1.54, 1.807) is 51.5 Å². The Morgan fingerprint density at radius 1 is 1.00 bits per heavy atom. The van der Waals surface area contributed by atoms with Gasteiger partial charge in [0.05, 0.1) is 13.7 Å². The maximum atomic E-state index is 12.4. The Balaban J connectivity index is 1.98. The van der Waals surface area contributed by atoms with Gasteiger partial charge in [-0.1, -0.05) is 25.5 Å². The fraction of sp³-hybridized carbons (Fsp3) is 0.333. The molecular weight excluding hydrogens is 382 g/mol. The topological polar surface area (TPSA) is 65.1 Å². The van der Waals surface area contributed by atoms with Gasteiger partial charge in [-0.2, -0.15) is 0 Å². The summed E-state index contributed by atoms with van der Waals surface area (Å²) in [4.78, 5) is 25.5. The molecule has 1 amide bonds. The Bertz CT molecular complexity index is 872. The molecule has 160 valence electrons. The number of amides is 1.